The Balaban J connectivity index is 0.00000112. The number of aromatic nitrogens is 3. The average Bonchev–Trinajstić information content (AvgIpc) is 2.71. The molecule has 2 aromatic rings. The van der Waals surface area contributed by atoms with Crippen molar-refractivity contribution in [1.82, 2.24) is 15.0 Å². The third-order valence-electron chi connectivity index (χ3n) is 1.70. The summed E-state index contributed by atoms with van der Waals surface area (Å²) in [5, 5.41) is 7.38. The minimum Gasteiger partial charge on any atom is -0.768 e. The standard InChI is InChI=1S/C8H7N3O2S.Na/c12-14(13)8-3-1-2-7(6-8)11-5-4-9-10-11;/h1-6H,(H,12,13);/q;+1/p-1. The molecule has 0 amide bonds. The zero-order chi connectivity index (χ0) is 9.97. The van der Waals surface area contributed by atoms with Crippen LogP contribution in [0.4, 0.5) is 0 Å². The Hall–Kier alpha value is -0.530. The Morgan fingerprint density at radius 3 is 2.80 bits per heavy atom. The fraction of sp³-hybridized carbons (Fsp3) is 0. The summed E-state index contributed by atoms with van der Waals surface area (Å²) in [6, 6.07) is 6.45. The average molecular weight is 231 g/mol. The van der Waals surface area contributed by atoms with Crippen molar-refractivity contribution < 1.29 is 38.3 Å². The molecule has 0 aliphatic carbocycles. The van der Waals surface area contributed by atoms with E-state index in [1.54, 1.807) is 18.3 Å². The van der Waals surface area contributed by atoms with E-state index >= 15 is 0 Å². The van der Waals surface area contributed by atoms with Gasteiger partial charge >= 0.3 is 29.6 Å². The molecule has 1 unspecified atom stereocenters. The SMILES string of the molecule is O=S([O-])c1cccc(-n2ccnn2)c1.[Na+]. The van der Waals surface area contributed by atoms with Crippen LogP contribution in [-0.2, 0) is 11.1 Å². The molecule has 5 nitrogen and oxygen atoms in total. The Morgan fingerprint density at radius 2 is 2.20 bits per heavy atom. The van der Waals surface area contributed by atoms with Crippen LogP contribution in [0.2, 0.25) is 0 Å². The monoisotopic (exact) mass is 231 g/mol. The molecular weight excluding hydrogens is 225 g/mol. The number of benzene rings is 1. The Bertz CT molecular complexity index is 461. The maximum absolute atomic E-state index is 10.7. The molecule has 1 atom stereocenters. The van der Waals surface area contributed by atoms with Gasteiger partial charge in [0.05, 0.1) is 18.1 Å². The Labute approximate surface area is 111 Å². The number of hydrogen-bond acceptors (Lipinski definition) is 4. The third-order valence-corrected chi connectivity index (χ3v) is 2.34. The summed E-state index contributed by atoms with van der Waals surface area (Å²) in [4.78, 5) is 0.234. The molecule has 0 bridgehead atoms. The van der Waals surface area contributed by atoms with Crippen molar-refractivity contribution in [3.63, 3.8) is 0 Å². The van der Waals surface area contributed by atoms with Crippen molar-refractivity contribution in [2.24, 2.45) is 0 Å². The Morgan fingerprint density at radius 1 is 1.40 bits per heavy atom. The zero-order valence-corrected chi connectivity index (χ0v) is 10.8. The molecule has 0 N–H and O–H groups in total. The molecule has 0 aliphatic heterocycles. The molecule has 1 heterocycles. The maximum atomic E-state index is 10.7. The molecule has 0 radical (unpaired) electrons. The van der Waals surface area contributed by atoms with E-state index in [4.69, 9.17) is 0 Å². The number of hydrogen-bond donors (Lipinski definition) is 0. The summed E-state index contributed by atoms with van der Waals surface area (Å²) in [5.74, 6) is 0. The minimum atomic E-state index is -2.21. The van der Waals surface area contributed by atoms with Crippen LogP contribution in [0.25, 0.3) is 5.69 Å². The first kappa shape index (κ1) is 12.5. The molecule has 72 valence electrons. The second-order valence-electron chi connectivity index (χ2n) is 2.58. The van der Waals surface area contributed by atoms with Gasteiger partial charge < -0.3 is 4.55 Å². The molecule has 1 aromatic carbocycles. The van der Waals surface area contributed by atoms with Crippen LogP contribution in [0.15, 0.2) is 41.6 Å². The molecule has 2 rings (SSSR count). The fourth-order valence-corrected chi connectivity index (χ4v) is 1.48. The molecule has 15 heavy (non-hydrogen) atoms. The van der Waals surface area contributed by atoms with Crippen LogP contribution < -0.4 is 29.6 Å². The van der Waals surface area contributed by atoms with Gasteiger partial charge in [0.1, 0.15) is 0 Å². The normalized spacial score (nSPS) is 11.8. The molecular formula is C8H6N3NaO2S. The predicted octanol–water partition coefficient (Wildman–Crippen LogP) is -2.49. The zero-order valence-electron chi connectivity index (χ0n) is 8.03. The summed E-state index contributed by atoms with van der Waals surface area (Å²) in [5.41, 5.74) is 0.671. The Kier molecular flexibility index (Phi) is 4.62. The molecule has 0 saturated carbocycles. The maximum Gasteiger partial charge on any atom is 1.00 e. The smallest absolute Gasteiger partial charge is 0.768 e. The molecule has 1 aromatic heterocycles. The van der Waals surface area contributed by atoms with E-state index in [1.165, 1.54) is 23.0 Å². The molecule has 0 spiro atoms. The summed E-state index contributed by atoms with van der Waals surface area (Å²) >= 11 is -2.21. The first-order valence-corrected chi connectivity index (χ1v) is 4.91. The fourth-order valence-electron chi connectivity index (χ4n) is 1.08. The predicted molar refractivity (Wildman–Crippen MR) is 48.5 cm³/mol. The molecule has 0 aliphatic rings. The first-order valence-electron chi connectivity index (χ1n) is 3.83. The second kappa shape index (κ2) is 5.53. The summed E-state index contributed by atoms with van der Waals surface area (Å²) in [6.45, 7) is 0. The van der Waals surface area contributed by atoms with Crippen molar-refractivity contribution in [2.45, 2.75) is 4.90 Å². The van der Waals surface area contributed by atoms with Gasteiger partial charge in [-0.3, -0.25) is 4.21 Å². The minimum absolute atomic E-state index is 0. The van der Waals surface area contributed by atoms with E-state index in [-0.39, 0.29) is 34.5 Å². The van der Waals surface area contributed by atoms with Gasteiger partial charge in [-0.25, -0.2) is 4.68 Å². The van der Waals surface area contributed by atoms with Crippen LogP contribution in [0.3, 0.4) is 0 Å². The van der Waals surface area contributed by atoms with E-state index in [0.717, 1.165) is 0 Å². The first-order chi connectivity index (χ1) is 6.77. The number of nitrogens with zero attached hydrogens (tertiary/aromatic N) is 3. The van der Waals surface area contributed by atoms with E-state index in [9.17, 15) is 8.76 Å². The number of rotatable bonds is 2. The topological polar surface area (TPSA) is 70.8 Å². The van der Waals surface area contributed by atoms with Gasteiger partial charge in [0.2, 0.25) is 0 Å². The van der Waals surface area contributed by atoms with Crippen molar-refractivity contribution in [2.75, 3.05) is 0 Å². The van der Waals surface area contributed by atoms with Gasteiger partial charge in [0.25, 0.3) is 0 Å². The van der Waals surface area contributed by atoms with E-state index < -0.39 is 11.1 Å². The van der Waals surface area contributed by atoms with Crippen LogP contribution >= 0.6 is 0 Å². The van der Waals surface area contributed by atoms with E-state index in [1.807, 2.05) is 0 Å². The molecule has 0 fully saturated rings. The summed E-state index contributed by atoms with van der Waals surface area (Å²) in [7, 11) is 0. The summed E-state index contributed by atoms with van der Waals surface area (Å²) in [6.07, 6.45) is 3.17. The van der Waals surface area contributed by atoms with Crippen LogP contribution in [0, 0.1) is 0 Å². The van der Waals surface area contributed by atoms with Crippen molar-refractivity contribution >= 4 is 11.1 Å². The molecule has 0 saturated heterocycles. The van der Waals surface area contributed by atoms with Gasteiger partial charge in [0, 0.05) is 4.90 Å². The van der Waals surface area contributed by atoms with E-state index in [0.29, 0.717) is 5.69 Å². The van der Waals surface area contributed by atoms with Gasteiger partial charge in [-0.1, -0.05) is 11.3 Å². The van der Waals surface area contributed by atoms with Crippen LogP contribution in [0.5, 0.6) is 0 Å². The van der Waals surface area contributed by atoms with Gasteiger partial charge in [-0.2, -0.15) is 0 Å². The van der Waals surface area contributed by atoms with Crippen LogP contribution in [0.1, 0.15) is 0 Å². The largest absolute Gasteiger partial charge is 1.00 e. The van der Waals surface area contributed by atoms with Gasteiger partial charge in [-0.15, -0.1) is 5.10 Å². The van der Waals surface area contributed by atoms with Crippen LogP contribution in [-0.4, -0.2) is 23.8 Å². The van der Waals surface area contributed by atoms with Crippen molar-refractivity contribution in [3.05, 3.63) is 36.7 Å². The van der Waals surface area contributed by atoms with Crippen molar-refractivity contribution in [3.8, 4) is 5.69 Å². The van der Waals surface area contributed by atoms with E-state index in [2.05, 4.69) is 10.3 Å². The van der Waals surface area contributed by atoms with Gasteiger partial charge in [-0.05, 0) is 29.3 Å². The summed E-state index contributed by atoms with van der Waals surface area (Å²) < 4.78 is 22.9. The molecule has 7 heteroatoms. The second-order valence-corrected chi connectivity index (χ2v) is 3.52. The van der Waals surface area contributed by atoms with Crippen molar-refractivity contribution in [1.29, 1.82) is 0 Å². The quantitative estimate of drug-likeness (QED) is 0.423. The van der Waals surface area contributed by atoms with Gasteiger partial charge in [0.15, 0.2) is 0 Å². The third kappa shape index (κ3) is 2.96.